The number of benzene rings is 1. The summed E-state index contributed by atoms with van der Waals surface area (Å²) >= 11 is 0. The van der Waals surface area contributed by atoms with Crippen molar-refractivity contribution in [2.45, 2.75) is 19.8 Å². The zero-order valence-electron chi connectivity index (χ0n) is 13.9. The van der Waals surface area contributed by atoms with Gasteiger partial charge in [0.05, 0.1) is 11.8 Å². The number of rotatable bonds is 8. The molecule has 130 valence electrons. The summed E-state index contributed by atoms with van der Waals surface area (Å²) in [6.07, 6.45) is 1.31. The monoisotopic (exact) mass is 333 g/mol. The van der Waals surface area contributed by atoms with Gasteiger partial charge in [0.25, 0.3) is 0 Å². The van der Waals surface area contributed by atoms with Gasteiger partial charge >= 0.3 is 0 Å². The number of hydrogen-bond donors (Lipinski definition) is 3. The lowest BCUT2D eigenvalue weighted by Gasteiger charge is -2.08. The second-order valence-electron chi connectivity index (χ2n) is 5.84. The van der Waals surface area contributed by atoms with Gasteiger partial charge in [0.15, 0.2) is 0 Å². The molecule has 24 heavy (non-hydrogen) atoms. The van der Waals surface area contributed by atoms with E-state index >= 15 is 0 Å². The molecule has 1 aliphatic carbocycles. The van der Waals surface area contributed by atoms with Gasteiger partial charge in [-0.15, -0.1) is 0 Å². The summed E-state index contributed by atoms with van der Waals surface area (Å²) in [6, 6.07) is 6.91. The van der Waals surface area contributed by atoms with Crippen LogP contribution < -0.4 is 16.0 Å². The van der Waals surface area contributed by atoms with Crippen molar-refractivity contribution >= 4 is 29.1 Å². The maximum atomic E-state index is 12.2. The van der Waals surface area contributed by atoms with Gasteiger partial charge in [-0.1, -0.05) is 6.07 Å². The van der Waals surface area contributed by atoms with Crippen molar-refractivity contribution in [3.63, 3.8) is 0 Å². The smallest absolute Gasteiger partial charge is 0.228 e. The first-order chi connectivity index (χ1) is 11.5. The second-order valence-corrected chi connectivity index (χ2v) is 5.84. The van der Waals surface area contributed by atoms with Crippen LogP contribution in [0.1, 0.15) is 19.8 Å². The summed E-state index contributed by atoms with van der Waals surface area (Å²) < 4.78 is 4.92. The molecule has 1 aromatic rings. The largest absolute Gasteiger partial charge is 0.385 e. The topological polar surface area (TPSA) is 96.5 Å². The number of methoxy groups -OCH3 is 1. The minimum Gasteiger partial charge on any atom is -0.385 e. The molecule has 0 heterocycles. The lowest BCUT2D eigenvalue weighted by molar-refractivity contribution is -0.125. The van der Waals surface area contributed by atoms with Gasteiger partial charge in [0.1, 0.15) is 0 Å². The summed E-state index contributed by atoms with van der Waals surface area (Å²) in [6.45, 7) is 2.57. The van der Waals surface area contributed by atoms with Crippen LogP contribution >= 0.6 is 0 Å². The minimum absolute atomic E-state index is 0.0850. The molecule has 0 radical (unpaired) electrons. The van der Waals surface area contributed by atoms with E-state index in [1.807, 2.05) is 0 Å². The molecule has 0 spiro atoms. The molecule has 1 aromatic carbocycles. The molecule has 2 rings (SSSR count). The van der Waals surface area contributed by atoms with Crippen LogP contribution in [0.2, 0.25) is 0 Å². The van der Waals surface area contributed by atoms with Crippen LogP contribution in [0, 0.1) is 11.8 Å². The van der Waals surface area contributed by atoms with E-state index in [2.05, 4.69) is 16.0 Å². The number of carbonyl (C=O) groups is 3. The zero-order valence-corrected chi connectivity index (χ0v) is 13.9. The quantitative estimate of drug-likeness (QED) is 0.626. The molecule has 7 heteroatoms. The van der Waals surface area contributed by atoms with Crippen LogP contribution in [-0.4, -0.2) is 38.0 Å². The Hall–Kier alpha value is -2.41. The maximum Gasteiger partial charge on any atom is 0.228 e. The number of amides is 3. The third-order valence-corrected chi connectivity index (χ3v) is 3.74. The van der Waals surface area contributed by atoms with Gasteiger partial charge in [-0.2, -0.15) is 0 Å². The van der Waals surface area contributed by atoms with Crippen molar-refractivity contribution < 1.29 is 19.1 Å². The van der Waals surface area contributed by atoms with E-state index in [0.29, 0.717) is 30.9 Å². The Balaban J connectivity index is 1.80. The molecule has 0 bridgehead atoms. The Labute approximate surface area is 141 Å². The molecule has 0 saturated heterocycles. The first kappa shape index (κ1) is 17.9. The predicted molar refractivity (Wildman–Crippen MR) is 90.5 cm³/mol. The van der Waals surface area contributed by atoms with E-state index in [0.717, 1.165) is 6.42 Å². The molecule has 1 aliphatic rings. The fraction of sp³-hybridized carbons (Fsp3) is 0.471. The average Bonchev–Trinajstić information content (AvgIpc) is 3.32. The summed E-state index contributed by atoms with van der Waals surface area (Å²) in [7, 11) is 1.62. The van der Waals surface area contributed by atoms with Crippen LogP contribution in [0.5, 0.6) is 0 Å². The van der Waals surface area contributed by atoms with E-state index in [9.17, 15) is 14.4 Å². The highest BCUT2D eigenvalue weighted by Gasteiger charge is 2.47. The standard InChI is InChI=1S/C17H23N3O4/c1-11(21)19-12-5-3-6-13(9-12)20-17(23)15-10-14(15)16(22)18-7-4-8-24-2/h3,5-6,9,14-15H,4,7-8,10H2,1-2H3,(H,18,22)(H,19,21)(H,20,23). The lowest BCUT2D eigenvalue weighted by Crippen LogP contribution is -2.28. The second kappa shape index (κ2) is 8.44. The molecule has 1 fully saturated rings. The van der Waals surface area contributed by atoms with Crippen LogP contribution in [0.15, 0.2) is 24.3 Å². The Morgan fingerprint density at radius 3 is 2.46 bits per heavy atom. The number of ether oxygens (including phenoxy) is 1. The molecule has 0 aromatic heterocycles. The third-order valence-electron chi connectivity index (χ3n) is 3.74. The van der Waals surface area contributed by atoms with Gasteiger partial charge in [-0.25, -0.2) is 0 Å². The van der Waals surface area contributed by atoms with Crippen molar-refractivity contribution in [2.75, 3.05) is 30.9 Å². The highest BCUT2D eigenvalue weighted by atomic mass is 16.5. The molecule has 0 aliphatic heterocycles. The highest BCUT2D eigenvalue weighted by Crippen LogP contribution is 2.39. The molecule has 7 nitrogen and oxygen atoms in total. The molecule has 2 atom stereocenters. The number of nitrogens with one attached hydrogen (secondary N) is 3. The summed E-state index contributed by atoms with van der Waals surface area (Å²) in [4.78, 5) is 35.2. The van der Waals surface area contributed by atoms with Crippen molar-refractivity contribution in [1.82, 2.24) is 5.32 Å². The zero-order chi connectivity index (χ0) is 17.5. The predicted octanol–water partition coefficient (Wildman–Crippen LogP) is 1.37. The van der Waals surface area contributed by atoms with Gasteiger partial charge in [-0.3, -0.25) is 14.4 Å². The van der Waals surface area contributed by atoms with Gasteiger partial charge in [0, 0.05) is 38.6 Å². The maximum absolute atomic E-state index is 12.2. The Kier molecular flexibility index (Phi) is 6.31. The van der Waals surface area contributed by atoms with Crippen molar-refractivity contribution in [2.24, 2.45) is 11.8 Å². The molecule has 3 N–H and O–H groups in total. The molecule has 3 amide bonds. The first-order valence-electron chi connectivity index (χ1n) is 7.96. The summed E-state index contributed by atoms with van der Waals surface area (Å²) in [5, 5.41) is 8.26. The fourth-order valence-corrected chi connectivity index (χ4v) is 2.45. The molecule has 2 unspecified atom stereocenters. The lowest BCUT2D eigenvalue weighted by atomic mass is 10.2. The third kappa shape index (κ3) is 5.34. The summed E-state index contributed by atoms with van der Waals surface area (Å²) in [5.74, 6) is -0.987. The highest BCUT2D eigenvalue weighted by molar-refractivity contribution is 6.00. The SMILES string of the molecule is COCCCNC(=O)C1CC1C(=O)Nc1cccc(NC(C)=O)c1. The van der Waals surface area contributed by atoms with E-state index in [1.165, 1.54) is 6.92 Å². The summed E-state index contributed by atoms with van der Waals surface area (Å²) in [5.41, 5.74) is 1.21. The van der Waals surface area contributed by atoms with E-state index < -0.39 is 0 Å². The van der Waals surface area contributed by atoms with Gasteiger partial charge in [-0.05, 0) is 31.0 Å². The number of carbonyl (C=O) groups excluding carboxylic acids is 3. The molecule has 1 saturated carbocycles. The molecular weight excluding hydrogens is 310 g/mol. The van der Waals surface area contributed by atoms with Gasteiger partial charge in [0.2, 0.25) is 17.7 Å². The normalized spacial score (nSPS) is 18.6. The Bertz CT molecular complexity index is 618. The minimum atomic E-state index is -0.295. The average molecular weight is 333 g/mol. The van der Waals surface area contributed by atoms with E-state index in [4.69, 9.17) is 4.74 Å². The van der Waals surface area contributed by atoms with Crippen LogP contribution in [0.3, 0.4) is 0 Å². The Morgan fingerprint density at radius 2 is 1.79 bits per heavy atom. The van der Waals surface area contributed by atoms with Gasteiger partial charge < -0.3 is 20.7 Å². The van der Waals surface area contributed by atoms with Crippen LogP contribution in [0.4, 0.5) is 11.4 Å². The van der Waals surface area contributed by atoms with Crippen LogP contribution in [-0.2, 0) is 19.1 Å². The van der Waals surface area contributed by atoms with E-state index in [-0.39, 0.29) is 29.6 Å². The van der Waals surface area contributed by atoms with E-state index in [1.54, 1.807) is 31.4 Å². The first-order valence-corrected chi connectivity index (χ1v) is 7.96. The van der Waals surface area contributed by atoms with Crippen LogP contribution in [0.25, 0.3) is 0 Å². The van der Waals surface area contributed by atoms with Crippen molar-refractivity contribution in [3.8, 4) is 0 Å². The Morgan fingerprint density at radius 1 is 1.12 bits per heavy atom. The number of anilines is 2. The van der Waals surface area contributed by atoms with Crippen molar-refractivity contribution in [3.05, 3.63) is 24.3 Å². The van der Waals surface area contributed by atoms with Crippen molar-refractivity contribution in [1.29, 1.82) is 0 Å². The molecular formula is C17H23N3O4. The fourth-order valence-electron chi connectivity index (χ4n) is 2.45. The number of hydrogen-bond acceptors (Lipinski definition) is 4.